The lowest BCUT2D eigenvalue weighted by molar-refractivity contribution is -0.113. The van der Waals surface area contributed by atoms with E-state index >= 15 is 0 Å². The number of carbonyl (C=O) groups is 2. The lowest BCUT2D eigenvalue weighted by Gasteiger charge is -2.12. The van der Waals surface area contributed by atoms with Crippen molar-refractivity contribution in [3.05, 3.63) is 77.1 Å². The Morgan fingerprint density at radius 1 is 1.11 bits per heavy atom. The van der Waals surface area contributed by atoms with Crippen LogP contribution in [-0.4, -0.2) is 64.1 Å². The van der Waals surface area contributed by atoms with Crippen molar-refractivity contribution >= 4 is 50.1 Å². The molecule has 0 aliphatic heterocycles. The average molecular weight is 572 g/mol. The number of amides is 2. The molecule has 11 nitrogen and oxygen atoms in total. The molecule has 0 bridgehead atoms. The molecule has 0 unspecified atom stereocenters. The largest absolute Gasteiger partial charge is 0.345 e. The maximum Gasteiger partial charge on any atom is 0.251 e. The molecule has 2 aromatic carbocycles. The minimum Gasteiger partial charge on any atom is -0.345 e. The fourth-order valence-corrected chi connectivity index (χ4v) is 5.57. The third-order valence-electron chi connectivity index (χ3n) is 5.27. The molecule has 2 heterocycles. The van der Waals surface area contributed by atoms with E-state index in [2.05, 4.69) is 25.8 Å². The van der Waals surface area contributed by atoms with E-state index in [1.807, 2.05) is 31.2 Å². The van der Waals surface area contributed by atoms with Crippen LogP contribution < -0.4 is 10.6 Å². The Kier molecular flexibility index (Phi) is 8.56. The van der Waals surface area contributed by atoms with Crippen molar-refractivity contribution in [2.75, 3.05) is 25.2 Å². The number of rotatable bonds is 10. The molecule has 0 aliphatic carbocycles. The number of thioether (sulfide) groups is 1. The highest BCUT2D eigenvalue weighted by atomic mass is 32.2. The molecular formula is C24H25N7O4S3. The number of hydrogen-bond donors (Lipinski definition) is 2. The van der Waals surface area contributed by atoms with Gasteiger partial charge in [0.2, 0.25) is 15.9 Å². The number of carbonyl (C=O) groups excluding carboxylic acids is 2. The summed E-state index contributed by atoms with van der Waals surface area (Å²) < 4.78 is 27.5. The van der Waals surface area contributed by atoms with E-state index in [0.717, 1.165) is 15.6 Å². The zero-order valence-corrected chi connectivity index (χ0v) is 23.2. The molecule has 0 spiro atoms. The quantitative estimate of drug-likeness (QED) is 0.277. The number of thiazole rings is 1. The summed E-state index contributed by atoms with van der Waals surface area (Å²) in [6.07, 6.45) is 1.61. The first-order valence-corrected chi connectivity index (χ1v) is 14.6. The van der Waals surface area contributed by atoms with Crippen molar-refractivity contribution in [3.8, 4) is 5.69 Å². The first-order chi connectivity index (χ1) is 18.1. The summed E-state index contributed by atoms with van der Waals surface area (Å²) in [5, 5.41) is 16.9. The minimum atomic E-state index is -3.59. The van der Waals surface area contributed by atoms with Crippen LogP contribution in [0.25, 0.3) is 5.69 Å². The second-order valence-corrected chi connectivity index (χ2v) is 12.2. The van der Waals surface area contributed by atoms with Gasteiger partial charge in [0.25, 0.3) is 5.91 Å². The van der Waals surface area contributed by atoms with Gasteiger partial charge in [-0.15, -0.1) is 21.5 Å². The van der Waals surface area contributed by atoms with Gasteiger partial charge < -0.3 is 10.6 Å². The van der Waals surface area contributed by atoms with Gasteiger partial charge in [-0.3, -0.25) is 14.2 Å². The van der Waals surface area contributed by atoms with E-state index in [1.54, 1.807) is 16.1 Å². The Labute approximate surface area is 228 Å². The monoisotopic (exact) mass is 571 g/mol. The number of benzene rings is 2. The van der Waals surface area contributed by atoms with Crippen molar-refractivity contribution in [3.63, 3.8) is 0 Å². The minimum absolute atomic E-state index is 0.0589. The van der Waals surface area contributed by atoms with Gasteiger partial charge in [0.15, 0.2) is 16.1 Å². The molecule has 2 aromatic heterocycles. The molecule has 0 radical (unpaired) electrons. The molecule has 0 saturated carbocycles. The third-order valence-corrected chi connectivity index (χ3v) is 8.72. The molecule has 2 amide bonds. The van der Waals surface area contributed by atoms with E-state index < -0.39 is 15.9 Å². The Morgan fingerprint density at radius 2 is 1.87 bits per heavy atom. The maximum atomic E-state index is 12.8. The normalized spacial score (nSPS) is 11.5. The summed E-state index contributed by atoms with van der Waals surface area (Å²) in [5.74, 6) is -0.0514. The fourth-order valence-electron chi connectivity index (χ4n) is 3.36. The summed E-state index contributed by atoms with van der Waals surface area (Å²) in [6.45, 7) is 2.02. The molecule has 0 aliphatic rings. The van der Waals surface area contributed by atoms with Gasteiger partial charge in [0, 0.05) is 36.9 Å². The van der Waals surface area contributed by atoms with E-state index in [0.29, 0.717) is 21.7 Å². The predicted octanol–water partition coefficient (Wildman–Crippen LogP) is 2.94. The van der Waals surface area contributed by atoms with Crippen LogP contribution in [-0.2, 0) is 21.4 Å². The van der Waals surface area contributed by atoms with Crippen LogP contribution in [0.1, 0.15) is 21.7 Å². The number of nitrogens with zero attached hydrogens (tertiary/aromatic N) is 5. The third kappa shape index (κ3) is 6.45. The van der Waals surface area contributed by atoms with E-state index in [4.69, 9.17) is 0 Å². The molecule has 2 N–H and O–H groups in total. The van der Waals surface area contributed by atoms with Crippen LogP contribution >= 0.6 is 23.1 Å². The van der Waals surface area contributed by atoms with Crippen molar-refractivity contribution < 1.29 is 18.0 Å². The second-order valence-electron chi connectivity index (χ2n) is 8.24. The first-order valence-electron chi connectivity index (χ1n) is 11.3. The number of hydrogen-bond acceptors (Lipinski definition) is 9. The number of nitrogens with one attached hydrogen (secondary N) is 2. The number of anilines is 1. The first kappa shape index (κ1) is 27.4. The SMILES string of the molecule is Cc1cccc(-n2c(CNC(=O)c3ccc(S(=O)(=O)N(C)C)cc3)nnc2SCC(=O)Nc2nccs2)c1. The summed E-state index contributed by atoms with van der Waals surface area (Å²) in [7, 11) is -0.702. The lowest BCUT2D eigenvalue weighted by Crippen LogP contribution is -2.25. The zero-order valence-electron chi connectivity index (χ0n) is 20.8. The number of aromatic nitrogens is 4. The molecule has 4 rings (SSSR count). The van der Waals surface area contributed by atoms with Gasteiger partial charge in [0.05, 0.1) is 17.2 Å². The molecule has 38 heavy (non-hydrogen) atoms. The number of aryl methyl sites for hydroxylation is 1. The van der Waals surface area contributed by atoms with Crippen molar-refractivity contribution in [1.82, 2.24) is 29.4 Å². The Bertz CT molecular complexity index is 1530. The summed E-state index contributed by atoms with van der Waals surface area (Å²) in [5.41, 5.74) is 2.12. The van der Waals surface area contributed by atoms with Crippen LogP contribution in [0.5, 0.6) is 0 Å². The Morgan fingerprint density at radius 3 is 2.53 bits per heavy atom. The van der Waals surface area contributed by atoms with Crippen molar-refractivity contribution in [1.29, 1.82) is 0 Å². The summed E-state index contributed by atoms with van der Waals surface area (Å²) in [6, 6.07) is 13.4. The molecule has 4 aromatic rings. The molecule has 0 atom stereocenters. The fraction of sp³-hybridized carbons (Fsp3) is 0.208. The standard InChI is InChI=1S/C24H25N7O4S3/c1-16-5-4-6-18(13-16)31-20(28-29-24(31)37-15-21(32)27-23-25-11-12-36-23)14-26-22(33)17-7-9-19(10-8-17)38(34,35)30(2)3/h4-13H,14-15H2,1-3H3,(H,26,33)(H,25,27,32). The van der Waals surface area contributed by atoms with Gasteiger partial charge >= 0.3 is 0 Å². The van der Waals surface area contributed by atoms with E-state index in [9.17, 15) is 18.0 Å². The molecule has 198 valence electrons. The Balaban J connectivity index is 1.49. The smallest absolute Gasteiger partial charge is 0.251 e. The topological polar surface area (TPSA) is 139 Å². The highest BCUT2D eigenvalue weighted by Crippen LogP contribution is 2.23. The molecule has 14 heteroatoms. The molecular weight excluding hydrogens is 547 g/mol. The van der Waals surface area contributed by atoms with Crippen molar-refractivity contribution in [2.24, 2.45) is 0 Å². The van der Waals surface area contributed by atoms with Crippen LogP contribution in [0.4, 0.5) is 5.13 Å². The average Bonchev–Trinajstić information content (AvgIpc) is 3.55. The van der Waals surface area contributed by atoms with Crippen LogP contribution in [0.3, 0.4) is 0 Å². The predicted molar refractivity (Wildman–Crippen MR) is 146 cm³/mol. The molecule has 0 fully saturated rings. The summed E-state index contributed by atoms with van der Waals surface area (Å²) >= 11 is 2.55. The lowest BCUT2D eigenvalue weighted by atomic mass is 10.2. The van der Waals surface area contributed by atoms with Gasteiger partial charge in [0.1, 0.15) is 0 Å². The highest BCUT2D eigenvalue weighted by molar-refractivity contribution is 7.99. The number of sulfonamides is 1. The van der Waals surface area contributed by atoms with E-state index in [1.165, 1.54) is 61.5 Å². The van der Waals surface area contributed by atoms with Gasteiger partial charge in [-0.1, -0.05) is 23.9 Å². The molecule has 0 saturated heterocycles. The van der Waals surface area contributed by atoms with Gasteiger partial charge in [-0.2, -0.15) is 0 Å². The van der Waals surface area contributed by atoms with Crippen LogP contribution in [0, 0.1) is 6.92 Å². The van der Waals surface area contributed by atoms with Crippen molar-refractivity contribution in [2.45, 2.75) is 23.5 Å². The van der Waals surface area contributed by atoms with Crippen LogP contribution in [0.15, 0.2) is 70.2 Å². The van der Waals surface area contributed by atoms with Crippen LogP contribution in [0.2, 0.25) is 0 Å². The zero-order chi connectivity index (χ0) is 27.3. The van der Waals surface area contributed by atoms with Gasteiger partial charge in [-0.25, -0.2) is 17.7 Å². The highest BCUT2D eigenvalue weighted by Gasteiger charge is 2.19. The Hall–Kier alpha value is -3.59. The van der Waals surface area contributed by atoms with Gasteiger partial charge in [-0.05, 0) is 48.9 Å². The summed E-state index contributed by atoms with van der Waals surface area (Å²) in [4.78, 5) is 29.3. The van der Waals surface area contributed by atoms with E-state index in [-0.39, 0.29) is 23.1 Å². The maximum absolute atomic E-state index is 12.8. The second kappa shape index (κ2) is 11.9.